The van der Waals surface area contributed by atoms with Crippen molar-refractivity contribution in [1.29, 1.82) is 0 Å². The third-order valence-corrected chi connectivity index (χ3v) is 5.18. The lowest BCUT2D eigenvalue weighted by molar-refractivity contribution is -0.116. The molecule has 0 bridgehead atoms. The second-order valence-corrected chi connectivity index (χ2v) is 7.09. The van der Waals surface area contributed by atoms with Gasteiger partial charge in [-0.25, -0.2) is 0 Å². The number of aromatic nitrogens is 1. The van der Waals surface area contributed by atoms with Crippen LogP contribution in [-0.4, -0.2) is 21.9 Å². The molecule has 1 aromatic heterocycles. The van der Waals surface area contributed by atoms with Gasteiger partial charge in [0.15, 0.2) is 0 Å². The molecule has 0 radical (unpaired) electrons. The van der Waals surface area contributed by atoms with E-state index < -0.39 is 5.91 Å². The molecule has 1 fully saturated rings. The van der Waals surface area contributed by atoms with Crippen LogP contribution in [0.5, 0.6) is 5.75 Å². The standard InChI is InChI=1S/C21H25N3O3/c1-14(25)24(18-9-10-19(21(22)27)20(26)11-18)13-17-8-7-16(12-23-17)15-5-3-2-4-6-15/h7-12,15,26H,2-6,13H2,1H3,(H2,22,27). The minimum absolute atomic E-state index is 0.0252. The number of nitrogens with zero attached hydrogens (tertiary/aromatic N) is 2. The minimum atomic E-state index is -0.714. The van der Waals surface area contributed by atoms with Gasteiger partial charge in [-0.05, 0) is 42.5 Å². The zero-order valence-corrected chi connectivity index (χ0v) is 15.5. The summed E-state index contributed by atoms with van der Waals surface area (Å²) in [5.41, 5.74) is 7.75. The van der Waals surface area contributed by atoms with Gasteiger partial charge in [-0.3, -0.25) is 14.6 Å². The molecule has 1 aliphatic rings. The molecule has 1 saturated carbocycles. The Bertz CT molecular complexity index is 827. The summed E-state index contributed by atoms with van der Waals surface area (Å²) in [4.78, 5) is 29.4. The smallest absolute Gasteiger partial charge is 0.252 e. The van der Waals surface area contributed by atoms with E-state index in [2.05, 4.69) is 11.1 Å². The van der Waals surface area contributed by atoms with Crippen LogP contribution in [0.2, 0.25) is 0 Å². The number of nitrogens with two attached hydrogens (primary N) is 1. The lowest BCUT2D eigenvalue weighted by atomic mass is 9.85. The number of rotatable bonds is 5. The van der Waals surface area contributed by atoms with Crippen LogP contribution < -0.4 is 10.6 Å². The maximum atomic E-state index is 12.1. The maximum Gasteiger partial charge on any atom is 0.252 e. The highest BCUT2D eigenvalue weighted by molar-refractivity contribution is 5.97. The topological polar surface area (TPSA) is 96.5 Å². The molecule has 142 valence electrons. The van der Waals surface area contributed by atoms with E-state index in [4.69, 9.17) is 5.73 Å². The van der Waals surface area contributed by atoms with Gasteiger partial charge < -0.3 is 15.7 Å². The van der Waals surface area contributed by atoms with Gasteiger partial charge in [0, 0.05) is 24.9 Å². The van der Waals surface area contributed by atoms with E-state index in [1.165, 1.54) is 61.6 Å². The number of hydrogen-bond acceptors (Lipinski definition) is 4. The largest absolute Gasteiger partial charge is 0.507 e. The van der Waals surface area contributed by atoms with Crippen LogP contribution in [0.4, 0.5) is 5.69 Å². The number of amides is 2. The first kappa shape index (κ1) is 18.9. The van der Waals surface area contributed by atoms with E-state index >= 15 is 0 Å². The molecule has 2 aromatic rings. The molecule has 3 N–H and O–H groups in total. The number of anilines is 1. The van der Waals surface area contributed by atoms with Gasteiger partial charge in [-0.2, -0.15) is 0 Å². The van der Waals surface area contributed by atoms with Gasteiger partial charge in [-0.15, -0.1) is 0 Å². The normalized spacial score (nSPS) is 14.7. The van der Waals surface area contributed by atoms with Crippen molar-refractivity contribution in [2.24, 2.45) is 5.73 Å². The zero-order valence-electron chi connectivity index (χ0n) is 15.5. The number of hydrogen-bond donors (Lipinski definition) is 2. The highest BCUT2D eigenvalue weighted by atomic mass is 16.3. The average Bonchev–Trinajstić information content (AvgIpc) is 2.66. The summed E-state index contributed by atoms with van der Waals surface area (Å²) in [5, 5.41) is 9.98. The minimum Gasteiger partial charge on any atom is -0.507 e. The highest BCUT2D eigenvalue weighted by Gasteiger charge is 2.18. The SMILES string of the molecule is CC(=O)N(Cc1ccc(C2CCCCC2)cn1)c1ccc(C(N)=O)c(O)c1. The van der Waals surface area contributed by atoms with Crippen LogP contribution in [0.3, 0.4) is 0 Å². The van der Waals surface area contributed by atoms with E-state index in [1.807, 2.05) is 12.3 Å². The van der Waals surface area contributed by atoms with Gasteiger partial charge >= 0.3 is 0 Å². The molecular weight excluding hydrogens is 342 g/mol. The Labute approximate surface area is 159 Å². The fraction of sp³-hybridized carbons (Fsp3) is 0.381. The first-order valence-electron chi connectivity index (χ1n) is 9.31. The van der Waals surface area contributed by atoms with Gasteiger partial charge in [0.1, 0.15) is 5.75 Å². The molecule has 0 spiro atoms. The molecule has 3 rings (SSSR count). The van der Waals surface area contributed by atoms with E-state index in [1.54, 1.807) is 6.07 Å². The van der Waals surface area contributed by atoms with Crippen molar-refractivity contribution in [1.82, 2.24) is 4.98 Å². The summed E-state index contributed by atoms with van der Waals surface area (Å²) in [6.07, 6.45) is 8.21. The molecule has 0 atom stereocenters. The molecule has 0 saturated heterocycles. The molecular formula is C21H25N3O3. The molecule has 27 heavy (non-hydrogen) atoms. The first-order chi connectivity index (χ1) is 13.0. The summed E-state index contributed by atoms with van der Waals surface area (Å²) >= 11 is 0. The number of benzene rings is 1. The van der Waals surface area contributed by atoms with Crippen LogP contribution in [0.25, 0.3) is 0 Å². The monoisotopic (exact) mass is 367 g/mol. The Morgan fingerprint density at radius 3 is 2.48 bits per heavy atom. The van der Waals surface area contributed by atoms with Gasteiger partial charge in [0.25, 0.3) is 5.91 Å². The quantitative estimate of drug-likeness (QED) is 0.845. The molecule has 1 aliphatic carbocycles. The van der Waals surface area contributed by atoms with E-state index in [9.17, 15) is 14.7 Å². The Morgan fingerprint density at radius 2 is 1.93 bits per heavy atom. The van der Waals surface area contributed by atoms with Crippen molar-refractivity contribution in [2.45, 2.75) is 51.5 Å². The van der Waals surface area contributed by atoms with E-state index in [0.29, 0.717) is 11.6 Å². The van der Waals surface area contributed by atoms with Crippen molar-refractivity contribution in [3.63, 3.8) is 0 Å². The summed E-state index contributed by atoms with van der Waals surface area (Å²) in [7, 11) is 0. The highest BCUT2D eigenvalue weighted by Crippen LogP contribution is 2.32. The maximum absolute atomic E-state index is 12.1. The number of pyridine rings is 1. The van der Waals surface area contributed by atoms with E-state index in [-0.39, 0.29) is 23.8 Å². The van der Waals surface area contributed by atoms with Gasteiger partial charge in [0.05, 0.1) is 17.8 Å². The number of phenols is 1. The van der Waals surface area contributed by atoms with Gasteiger partial charge in [-0.1, -0.05) is 25.3 Å². The Hall–Kier alpha value is -2.89. The summed E-state index contributed by atoms with van der Waals surface area (Å²) in [6, 6.07) is 8.44. The second-order valence-electron chi connectivity index (χ2n) is 7.09. The van der Waals surface area contributed by atoms with Gasteiger partial charge in [0.2, 0.25) is 5.91 Å². The zero-order chi connectivity index (χ0) is 19.4. The molecule has 6 nitrogen and oxygen atoms in total. The van der Waals surface area contributed by atoms with Crippen LogP contribution in [0, 0.1) is 0 Å². The Morgan fingerprint density at radius 1 is 1.19 bits per heavy atom. The summed E-state index contributed by atoms with van der Waals surface area (Å²) < 4.78 is 0. The number of primary amides is 1. The summed E-state index contributed by atoms with van der Waals surface area (Å²) in [6.45, 7) is 1.74. The Kier molecular flexibility index (Phi) is 5.74. The number of carbonyl (C=O) groups excluding carboxylic acids is 2. The third-order valence-electron chi connectivity index (χ3n) is 5.18. The number of carbonyl (C=O) groups is 2. The summed E-state index contributed by atoms with van der Waals surface area (Å²) in [5.74, 6) is -0.554. The van der Waals surface area contributed by atoms with Crippen molar-refractivity contribution in [2.75, 3.05) is 4.90 Å². The van der Waals surface area contributed by atoms with Crippen molar-refractivity contribution in [3.8, 4) is 5.75 Å². The molecule has 0 unspecified atom stereocenters. The predicted octanol–water partition coefficient (Wildman–Crippen LogP) is 3.49. The molecule has 2 amide bonds. The fourth-order valence-electron chi connectivity index (χ4n) is 3.65. The van der Waals surface area contributed by atoms with Crippen LogP contribution in [0.15, 0.2) is 36.5 Å². The first-order valence-corrected chi connectivity index (χ1v) is 9.31. The lowest BCUT2D eigenvalue weighted by Crippen LogP contribution is -2.28. The molecule has 0 aliphatic heterocycles. The molecule has 1 heterocycles. The van der Waals surface area contributed by atoms with Crippen molar-refractivity contribution in [3.05, 3.63) is 53.3 Å². The third kappa shape index (κ3) is 4.45. The number of aromatic hydroxyl groups is 1. The van der Waals surface area contributed by atoms with Crippen molar-refractivity contribution < 1.29 is 14.7 Å². The fourth-order valence-corrected chi connectivity index (χ4v) is 3.65. The lowest BCUT2D eigenvalue weighted by Gasteiger charge is -2.23. The van der Waals surface area contributed by atoms with Crippen molar-refractivity contribution >= 4 is 17.5 Å². The Balaban J connectivity index is 1.77. The molecule has 6 heteroatoms. The van der Waals surface area contributed by atoms with Crippen LogP contribution >= 0.6 is 0 Å². The second kappa shape index (κ2) is 8.20. The average molecular weight is 367 g/mol. The van der Waals surface area contributed by atoms with Crippen LogP contribution in [-0.2, 0) is 11.3 Å². The predicted molar refractivity (Wildman–Crippen MR) is 104 cm³/mol. The van der Waals surface area contributed by atoms with Crippen LogP contribution in [0.1, 0.15) is 66.6 Å². The molecule has 1 aromatic carbocycles. The van der Waals surface area contributed by atoms with E-state index in [0.717, 1.165) is 5.69 Å².